The van der Waals surface area contributed by atoms with E-state index < -0.39 is 38.6 Å². The third kappa shape index (κ3) is 3.83. The molecule has 1 aromatic rings. The minimum absolute atomic E-state index is 0.141. The zero-order chi connectivity index (χ0) is 14.6. The molecule has 104 valence electrons. The molecule has 0 spiro atoms. The number of sulfonamides is 1. The molecule has 1 rings (SSSR count). The van der Waals surface area contributed by atoms with Gasteiger partial charge in [-0.15, -0.1) is 6.58 Å². The second kappa shape index (κ2) is 5.89. The highest BCUT2D eigenvalue weighted by molar-refractivity contribution is 7.89. The molecule has 2 N–H and O–H groups in total. The average Bonchev–Trinajstić information content (AvgIpc) is 2.31. The second-order valence-electron chi connectivity index (χ2n) is 3.61. The van der Waals surface area contributed by atoms with Crippen molar-refractivity contribution in [1.82, 2.24) is 4.72 Å². The lowest BCUT2D eigenvalue weighted by atomic mass is 10.2. The first-order valence-corrected chi connectivity index (χ1v) is 6.57. The van der Waals surface area contributed by atoms with E-state index in [4.69, 9.17) is 5.11 Å². The molecule has 1 unspecified atom stereocenters. The van der Waals surface area contributed by atoms with E-state index in [0.29, 0.717) is 12.1 Å². The smallest absolute Gasteiger partial charge is 0.322 e. The summed E-state index contributed by atoms with van der Waals surface area (Å²) in [6, 6.07) is 0.543. The number of hydrogen-bond acceptors (Lipinski definition) is 3. The third-order valence-electron chi connectivity index (χ3n) is 2.20. The SMILES string of the molecule is C=CCC(NS(=O)(=O)c1ccc(F)c(F)c1)C(=O)O. The molecule has 0 fully saturated rings. The van der Waals surface area contributed by atoms with Gasteiger partial charge in [-0.05, 0) is 24.6 Å². The first-order chi connectivity index (χ1) is 8.77. The van der Waals surface area contributed by atoms with Gasteiger partial charge in [-0.1, -0.05) is 6.08 Å². The molecule has 0 bridgehead atoms. The van der Waals surface area contributed by atoms with Gasteiger partial charge in [0.25, 0.3) is 0 Å². The first-order valence-electron chi connectivity index (χ1n) is 5.09. The summed E-state index contributed by atoms with van der Waals surface area (Å²) in [4.78, 5) is 10.3. The highest BCUT2D eigenvalue weighted by Crippen LogP contribution is 2.14. The second-order valence-corrected chi connectivity index (χ2v) is 5.33. The zero-order valence-corrected chi connectivity index (χ0v) is 10.5. The van der Waals surface area contributed by atoms with Crippen molar-refractivity contribution in [2.45, 2.75) is 17.4 Å². The lowest BCUT2D eigenvalue weighted by molar-refractivity contribution is -0.138. The van der Waals surface area contributed by atoms with Crippen LogP contribution in [0.2, 0.25) is 0 Å². The van der Waals surface area contributed by atoms with Crippen LogP contribution in [-0.2, 0) is 14.8 Å². The summed E-state index contributed by atoms with van der Waals surface area (Å²) in [5.74, 6) is -3.93. The van der Waals surface area contributed by atoms with E-state index >= 15 is 0 Å². The van der Waals surface area contributed by atoms with Gasteiger partial charge in [0, 0.05) is 0 Å². The van der Waals surface area contributed by atoms with Crippen LogP contribution in [0.3, 0.4) is 0 Å². The zero-order valence-electron chi connectivity index (χ0n) is 9.64. The van der Waals surface area contributed by atoms with Crippen LogP contribution in [0.25, 0.3) is 0 Å². The summed E-state index contributed by atoms with van der Waals surface area (Å²) < 4.78 is 51.1. The third-order valence-corrected chi connectivity index (χ3v) is 3.67. The molecule has 1 aromatic carbocycles. The summed E-state index contributed by atoms with van der Waals surface area (Å²) in [5, 5.41) is 8.80. The number of carbonyl (C=O) groups is 1. The van der Waals surface area contributed by atoms with Crippen molar-refractivity contribution in [2.75, 3.05) is 0 Å². The Morgan fingerprint density at radius 3 is 2.53 bits per heavy atom. The Morgan fingerprint density at radius 2 is 2.05 bits per heavy atom. The summed E-state index contributed by atoms with van der Waals surface area (Å²) >= 11 is 0. The van der Waals surface area contributed by atoms with Crippen molar-refractivity contribution in [3.8, 4) is 0 Å². The predicted octanol–water partition coefficient (Wildman–Crippen LogP) is 1.27. The molecule has 0 radical (unpaired) electrons. The normalized spacial score (nSPS) is 12.9. The van der Waals surface area contributed by atoms with E-state index in [1.807, 2.05) is 4.72 Å². The number of carboxylic acids is 1. The van der Waals surface area contributed by atoms with Crippen LogP contribution in [0, 0.1) is 11.6 Å². The van der Waals surface area contributed by atoms with Gasteiger partial charge in [-0.25, -0.2) is 17.2 Å². The maximum absolute atomic E-state index is 13.0. The minimum Gasteiger partial charge on any atom is -0.480 e. The van der Waals surface area contributed by atoms with E-state index in [9.17, 15) is 22.0 Å². The molecule has 0 amide bonds. The Kier molecular flexibility index (Phi) is 4.73. The molecule has 1 atom stereocenters. The monoisotopic (exact) mass is 291 g/mol. The molecule has 0 aliphatic heterocycles. The summed E-state index contributed by atoms with van der Waals surface area (Å²) in [7, 11) is -4.25. The molecule has 19 heavy (non-hydrogen) atoms. The first kappa shape index (κ1) is 15.3. The average molecular weight is 291 g/mol. The summed E-state index contributed by atoms with van der Waals surface area (Å²) in [6.07, 6.45) is 1.09. The maximum atomic E-state index is 13.0. The molecule has 0 aromatic heterocycles. The highest BCUT2D eigenvalue weighted by atomic mass is 32.2. The molecule has 0 saturated carbocycles. The van der Waals surface area contributed by atoms with Crippen molar-refractivity contribution in [2.24, 2.45) is 0 Å². The Bertz CT molecular complexity index is 601. The molecular weight excluding hydrogens is 280 g/mol. The number of benzene rings is 1. The van der Waals surface area contributed by atoms with Gasteiger partial charge in [-0.2, -0.15) is 4.72 Å². The lowest BCUT2D eigenvalue weighted by Gasteiger charge is -2.13. The van der Waals surface area contributed by atoms with Gasteiger partial charge in [0.05, 0.1) is 4.90 Å². The lowest BCUT2D eigenvalue weighted by Crippen LogP contribution is -2.40. The molecule has 0 aliphatic rings. The largest absolute Gasteiger partial charge is 0.480 e. The van der Waals surface area contributed by atoms with E-state index in [1.165, 1.54) is 6.08 Å². The van der Waals surface area contributed by atoms with Gasteiger partial charge in [0.15, 0.2) is 11.6 Å². The van der Waals surface area contributed by atoms with E-state index in [0.717, 1.165) is 6.07 Å². The Labute approximate surface area is 108 Å². The fraction of sp³-hybridized carbons (Fsp3) is 0.182. The molecular formula is C11H11F2NO4S. The van der Waals surface area contributed by atoms with Crippen molar-refractivity contribution in [3.63, 3.8) is 0 Å². The number of halogens is 2. The predicted molar refractivity (Wildman–Crippen MR) is 62.9 cm³/mol. The molecule has 0 saturated heterocycles. The Hall–Kier alpha value is -1.80. The number of nitrogens with one attached hydrogen (secondary N) is 1. The summed E-state index contributed by atoms with van der Waals surface area (Å²) in [6.45, 7) is 3.30. The maximum Gasteiger partial charge on any atom is 0.322 e. The fourth-order valence-corrected chi connectivity index (χ4v) is 2.48. The van der Waals surface area contributed by atoms with Gasteiger partial charge in [0.2, 0.25) is 10.0 Å². The van der Waals surface area contributed by atoms with Crippen LogP contribution in [-0.4, -0.2) is 25.5 Å². The van der Waals surface area contributed by atoms with Crippen LogP contribution < -0.4 is 4.72 Å². The van der Waals surface area contributed by atoms with Gasteiger partial charge in [-0.3, -0.25) is 4.79 Å². The molecule has 8 heteroatoms. The Balaban J connectivity index is 3.06. The fourth-order valence-electron chi connectivity index (χ4n) is 1.27. The number of aliphatic carboxylic acids is 1. The van der Waals surface area contributed by atoms with Crippen molar-refractivity contribution < 1.29 is 27.1 Å². The van der Waals surface area contributed by atoms with Crippen LogP contribution in [0.15, 0.2) is 35.7 Å². The van der Waals surface area contributed by atoms with Gasteiger partial charge in [0.1, 0.15) is 6.04 Å². The van der Waals surface area contributed by atoms with E-state index in [-0.39, 0.29) is 6.42 Å². The highest BCUT2D eigenvalue weighted by Gasteiger charge is 2.25. The number of carboxylic acid groups (broad SMARTS) is 1. The molecule has 5 nitrogen and oxygen atoms in total. The minimum atomic E-state index is -4.25. The molecule has 0 aliphatic carbocycles. The quantitative estimate of drug-likeness (QED) is 0.773. The molecule has 0 heterocycles. The van der Waals surface area contributed by atoms with E-state index in [1.54, 1.807) is 0 Å². The van der Waals surface area contributed by atoms with Crippen LogP contribution in [0.5, 0.6) is 0 Å². The van der Waals surface area contributed by atoms with Crippen LogP contribution in [0.4, 0.5) is 8.78 Å². The van der Waals surface area contributed by atoms with Crippen LogP contribution >= 0.6 is 0 Å². The van der Waals surface area contributed by atoms with E-state index in [2.05, 4.69) is 6.58 Å². The standard InChI is InChI=1S/C11H11F2NO4S/c1-2-3-10(11(15)16)14-19(17,18)7-4-5-8(12)9(13)6-7/h2,4-6,10,14H,1,3H2,(H,15,16). The van der Waals surface area contributed by atoms with Gasteiger partial charge < -0.3 is 5.11 Å². The topological polar surface area (TPSA) is 83.5 Å². The van der Waals surface area contributed by atoms with Crippen molar-refractivity contribution in [3.05, 3.63) is 42.5 Å². The van der Waals surface area contributed by atoms with Crippen molar-refractivity contribution >= 4 is 16.0 Å². The van der Waals surface area contributed by atoms with Gasteiger partial charge >= 0.3 is 5.97 Å². The number of rotatable bonds is 6. The van der Waals surface area contributed by atoms with Crippen LogP contribution in [0.1, 0.15) is 6.42 Å². The number of hydrogen-bond donors (Lipinski definition) is 2. The van der Waals surface area contributed by atoms with Crippen molar-refractivity contribution in [1.29, 1.82) is 0 Å². The Morgan fingerprint density at radius 1 is 1.42 bits per heavy atom. The summed E-state index contributed by atoms with van der Waals surface area (Å²) in [5.41, 5.74) is 0.